The van der Waals surface area contributed by atoms with E-state index in [4.69, 9.17) is 5.11 Å². The maximum atomic E-state index is 12.0. The van der Waals surface area contributed by atoms with Gasteiger partial charge >= 0.3 is 0 Å². The van der Waals surface area contributed by atoms with Crippen molar-refractivity contribution in [3.8, 4) is 0 Å². The summed E-state index contributed by atoms with van der Waals surface area (Å²) in [5.41, 5.74) is 2.68. The minimum Gasteiger partial charge on any atom is -0.394 e. The van der Waals surface area contributed by atoms with Gasteiger partial charge < -0.3 is 15.7 Å². The summed E-state index contributed by atoms with van der Waals surface area (Å²) in [6.07, 6.45) is 0.854. The van der Waals surface area contributed by atoms with Gasteiger partial charge in [-0.25, -0.2) is 0 Å². The van der Waals surface area contributed by atoms with Crippen LogP contribution in [0.3, 0.4) is 0 Å². The SMILES string of the molecule is CC1Cc2nn3c(c2CN1)C(=O)NC(CO)C3. The van der Waals surface area contributed by atoms with Crippen molar-refractivity contribution in [3.05, 3.63) is 17.0 Å². The highest BCUT2D eigenvalue weighted by Crippen LogP contribution is 2.22. The van der Waals surface area contributed by atoms with Crippen LogP contribution in [0.25, 0.3) is 0 Å². The summed E-state index contributed by atoms with van der Waals surface area (Å²) in [6.45, 7) is 3.31. The van der Waals surface area contributed by atoms with E-state index in [1.807, 2.05) is 0 Å². The fourth-order valence-corrected chi connectivity index (χ4v) is 2.53. The Kier molecular flexibility index (Phi) is 2.41. The van der Waals surface area contributed by atoms with Gasteiger partial charge in [0.2, 0.25) is 0 Å². The van der Waals surface area contributed by atoms with Crippen molar-refractivity contribution in [2.45, 2.75) is 38.5 Å². The van der Waals surface area contributed by atoms with E-state index in [-0.39, 0.29) is 18.6 Å². The molecule has 3 heterocycles. The molecule has 17 heavy (non-hydrogen) atoms. The van der Waals surface area contributed by atoms with Crippen molar-refractivity contribution in [1.29, 1.82) is 0 Å². The number of aliphatic hydroxyl groups is 1. The third-order valence-corrected chi connectivity index (χ3v) is 3.42. The molecular weight excluding hydrogens is 220 g/mol. The van der Waals surface area contributed by atoms with E-state index in [1.165, 1.54) is 0 Å². The number of amides is 1. The fourth-order valence-electron chi connectivity index (χ4n) is 2.53. The molecule has 3 rings (SSSR count). The van der Waals surface area contributed by atoms with Gasteiger partial charge in [0.1, 0.15) is 5.69 Å². The molecule has 1 aromatic heterocycles. The zero-order valence-electron chi connectivity index (χ0n) is 9.73. The van der Waals surface area contributed by atoms with E-state index < -0.39 is 0 Å². The predicted octanol–water partition coefficient (Wildman–Crippen LogP) is -0.978. The Morgan fingerprint density at radius 1 is 1.59 bits per heavy atom. The van der Waals surface area contributed by atoms with Gasteiger partial charge in [0.15, 0.2) is 0 Å². The molecule has 0 aliphatic carbocycles. The van der Waals surface area contributed by atoms with Crippen LogP contribution in [0.2, 0.25) is 0 Å². The number of aromatic nitrogens is 2. The highest BCUT2D eigenvalue weighted by atomic mass is 16.3. The molecule has 0 aromatic carbocycles. The molecule has 0 saturated carbocycles. The van der Waals surface area contributed by atoms with Gasteiger partial charge in [-0.3, -0.25) is 9.48 Å². The molecule has 2 aliphatic heterocycles. The first-order valence-corrected chi connectivity index (χ1v) is 5.92. The number of carbonyl (C=O) groups is 1. The number of hydrogen-bond acceptors (Lipinski definition) is 4. The summed E-state index contributed by atoms with van der Waals surface area (Å²) in [5, 5.41) is 19.7. The van der Waals surface area contributed by atoms with Crippen LogP contribution in [0, 0.1) is 0 Å². The third-order valence-electron chi connectivity index (χ3n) is 3.42. The van der Waals surface area contributed by atoms with Crippen LogP contribution in [0.1, 0.15) is 28.7 Å². The summed E-state index contributed by atoms with van der Waals surface area (Å²) in [5.74, 6) is -0.125. The van der Waals surface area contributed by atoms with Crippen LogP contribution in [-0.2, 0) is 19.5 Å². The Bertz CT molecular complexity index is 468. The molecule has 92 valence electrons. The topological polar surface area (TPSA) is 79.2 Å². The van der Waals surface area contributed by atoms with E-state index in [2.05, 4.69) is 22.7 Å². The van der Waals surface area contributed by atoms with Crippen molar-refractivity contribution in [2.75, 3.05) is 6.61 Å². The first-order valence-electron chi connectivity index (χ1n) is 5.92. The summed E-state index contributed by atoms with van der Waals surface area (Å²) in [4.78, 5) is 12.0. The van der Waals surface area contributed by atoms with Gasteiger partial charge in [-0.2, -0.15) is 5.10 Å². The average molecular weight is 236 g/mol. The standard InChI is InChI=1S/C11H16N4O2/c1-6-2-9-8(3-12-6)10-11(17)13-7(5-16)4-15(10)14-9/h6-7,12,16H,2-5H2,1H3,(H,13,17). The van der Waals surface area contributed by atoms with Crippen molar-refractivity contribution < 1.29 is 9.90 Å². The second-order valence-corrected chi connectivity index (χ2v) is 4.79. The van der Waals surface area contributed by atoms with Gasteiger partial charge in [-0.15, -0.1) is 0 Å². The third kappa shape index (κ3) is 1.64. The maximum Gasteiger partial charge on any atom is 0.270 e. The fraction of sp³-hybridized carbons (Fsp3) is 0.636. The zero-order valence-corrected chi connectivity index (χ0v) is 9.73. The number of carbonyl (C=O) groups excluding carboxylic acids is 1. The molecule has 0 spiro atoms. The Labute approximate surface area is 99.0 Å². The van der Waals surface area contributed by atoms with Crippen molar-refractivity contribution in [1.82, 2.24) is 20.4 Å². The molecule has 1 amide bonds. The number of nitrogens with one attached hydrogen (secondary N) is 2. The normalized spacial score (nSPS) is 27.3. The molecule has 0 saturated heterocycles. The van der Waals surface area contributed by atoms with E-state index in [9.17, 15) is 4.79 Å². The molecule has 3 N–H and O–H groups in total. The second-order valence-electron chi connectivity index (χ2n) is 4.79. The quantitative estimate of drug-likeness (QED) is 0.585. The molecule has 2 atom stereocenters. The molecule has 2 unspecified atom stereocenters. The monoisotopic (exact) mass is 236 g/mol. The van der Waals surface area contributed by atoms with Crippen LogP contribution in [-0.4, -0.2) is 39.5 Å². The van der Waals surface area contributed by atoms with E-state index in [0.29, 0.717) is 24.8 Å². The first-order chi connectivity index (χ1) is 8.19. The Hall–Kier alpha value is -1.40. The van der Waals surface area contributed by atoms with Crippen LogP contribution < -0.4 is 10.6 Å². The lowest BCUT2D eigenvalue weighted by Crippen LogP contribution is -2.47. The summed E-state index contributed by atoms with van der Waals surface area (Å²) in [6, 6.07) is 0.179. The molecule has 1 aromatic rings. The number of nitrogens with zero attached hydrogens (tertiary/aromatic N) is 2. The van der Waals surface area contributed by atoms with Crippen LogP contribution in [0.4, 0.5) is 0 Å². The van der Waals surface area contributed by atoms with Gasteiger partial charge in [-0.05, 0) is 6.92 Å². The van der Waals surface area contributed by atoms with Crippen molar-refractivity contribution in [3.63, 3.8) is 0 Å². The molecular formula is C11H16N4O2. The average Bonchev–Trinajstić information content (AvgIpc) is 2.66. The molecule has 0 bridgehead atoms. The smallest absolute Gasteiger partial charge is 0.270 e. The lowest BCUT2D eigenvalue weighted by molar-refractivity contribution is 0.0861. The van der Waals surface area contributed by atoms with E-state index in [0.717, 1.165) is 17.7 Å². The van der Waals surface area contributed by atoms with Crippen molar-refractivity contribution >= 4 is 5.91 Å². The molecule has 0 fully saturated rings. The van der Waals surface area contributed by atoms with Gasteiger partial charge in [0, 0.05) is 24.6 Å². The number of rotatable bonds is 1. The van der Waals surface area contributed by atoms with E-state index >= 15 is 0 Å². The number of hydrogen-bond donors (Lipinski definition) is 3. The lowest BCUT2D eigenvalue weighted by atomic mass is 10.0. The number of fused-ring (bicyclic) bond motifs is 3. The summed E-state index contributed by atoms with van der Waals surface area (Å²) in [7, 11) is 0. The Morgan fingerprint density at radius 3 is 3.18 bits per heavy atom. The van der Waals surface area contributed by atoms with E-state index in [1.54, 1.807) is 4.68 Å². The zero-order chi connectivity index (χ0) is 12.0. The van der Waals surface area contributed by atoms with Gasteiger partial charge in [-0.1, -0.05) is 0 Å². The molecule has 6 heteroatoms. The Balaban J connectivity index is 2.02. The predicted molar refractivity (Wildman–Crippen MR) is 60.6 cm³/mol. The van der Waals surface area contributed by atoms with Crippen LogP contribution in [0.15, 0.2) is 0 Å². The summed E-state index contributed by atoms with van der Waals surface area (Å²) >= 11 is 0. The number of aliphatic hydroxyl groups excluding tert-OH is 1. The minimum atomic E-state index is -0.221. The lowest BCUT2D eigenvalue weighted by Gasteiger charge is -2.24. The van der Waals surface area contributed by atoms with Crippen molar-refractivity contribution in [2.24, 2.45) is 0 Å². The second kappa shape index (κ2) is 3.82. The highest BCUT2D eigenvalue weighted by Gasteiger charge is 2.32. The molecule has 0 radical (unpaired) electrons. The van der Waals surface area contributed by atoms with Gasteiger partial charge in [0.25, 0.3) is 5.91 Å². The van der Waals surface area contributed by atoms with Gasteiger partial charge in [0.05, 0.1) is 24.9 Å². The minimum absolute atomic E-state index is 0.0512. The first kappa shape index (κ1) is 10.7. The highest BCUT2D eigenvalue weighted by molar-refractivity contribution is 5.95. The molecule has 2 aliphatic rings. The Morgan fingerprint density at radius 2 is 2.41 bits per heavy atom. The largest absolute Gasteiger partial charge is 0.394 e. The van der Waals surface area contributed by atoms with Crippen LogP contribution >= 0.6 is 0 Å². The molecule has 6 nitrogen and oxygen atoms in total. The summed E-state index contributed by atoms with van der Waals surface area (Å²) < 4.78 is 1.74. The van der Waals surface area contributed by atoms with Crippen LogP contribution in [0.5, 0.6) is 0 Å². The maximum absolute atomic E-state index is 12.0.